The van der Waals surface area contributed by atoms with Crippen LogP contribution in [-0.4, -0.2) is 18.0 Å². The molecule has 0 radical (unpaired) electrons. The molecule has 0 aliphatic heterocycles. The minimum absolute atomic E-state index is 0.475. The van der Waals surface area contributed by atoms with Gasteiger partial charge in [-0.2, -0.15) is 0 Å². The highest BCUT2D eigenvalue weighted by atomic mass is 35.5. The minimum atomic E-state index is 0.475. The van der Waals surface area contributed by atoms with E-state index in [2.05, 4.69) is 18.9 Å². The van der Waals surface area contributed by atoms with Gasteiger partial charge >= 0.3 is 0 Å². The molecule has 0 amide bonds. The van der Waals surface area contributed by atoms with E-state index in [0.717, 1.165) is 18.0 Å². The van der Waals surface area contributed by atoms with Crippen molar-refractivity contribution in [3.05, 3.63) is 27.7 Å². The van der Waals surface area contributed by atoms with Crippen LogP contribution in [0.1, 0.15) is 44.6 Å². The van der Waals surface area contributed by atoms with Crippen molar-refractivity contribution in [2.24, 2.45) is 5.92 Å². The molecule has 1 saturated carbocycles. The third kappa shape index (κ3) is 3.81. The zero-order chi connectivity index (χ0) is 14.7. The van der Waals surface area contributed by atoms with Crippen LogP contribution in [0.3, 0.4) is 0 Å². The van der Waals surface area contributed by atoms with Gasteiger partial charge < -0.3 is 5.73 Å². The number of benzene rings is 1. The molecule has 4 heteroatoms. The van der Waals surface area contributed by atoms with Crippen LogP contribution in [0.4, 0.5) is 5.69 Å². The van der Waals surface area contributed by atoms with Crippen molar-refractivity contribution in [1.82, 2.24) is 4.90 Å². The van der Waals surface area contributed by atoms with Gasteiger partial charge in [0, 0.05) is 12.6 Å². The Hall–Kier alpha value is -0.440. The maximum atomic E-state index is 6.10. The van der Waals surface area contributed by atoms with E-state index in [0.29, 0.717) is 21.8 Å². The Balaban J connectivity index is 1.96. The van der Waals surface area contributed by atoms with E-state index < -0.39 is 0 Å². The summed E-state index contributed by atoms with van der Waals surface area (Å²) in [5.41, 5.74) is 7.39. The number of anilines is 1. The standard InChI is InChI=1S/C16H24Cl2N2/c1-3-11-4-6-13(7-5-11)20(2)10-12-8-14(17)16(19)15(18)9-12/h8-9,11,13H,3-7,10,19H2,1-2H3. The minimum Gasteiger partial charge on any atom is -0.396 e. The number of rotatable bonds is 4. The van der Waals surface area contributed by atoms with Crippen molar-refractivity contribution in [3.63, 3.8) is 0 Å². The number of nitrogens with zero attached hydrogens (tertiary/aromatic N) is 1. The van der Waals surface area contributed by atoms with Crippen LogP contribution in [-0.2, 0) is 6.54 Å². The van der Waals surface area contributed by atoms with Crippen molar-refractivity contribution in [2.75, 3.05) is 12.8 Å². The third-order valence-electron chi connectivity index (χ3n) is 4.59. The normalized spacial score (nSPS) is 23.2. The van der Waals surface area contributed by atoms with Gasteiger partial charge in [-0.05, 0) is 56.3 Å². The van der Waals surface area contributed by atoms with Gasteiger partial charge in [0.2, 0.25) is 0 Å². The number of hydrogen-bond donors (Lipinski definition) is 1. The summed E-state index contributed by atoms with van der Waals surface area (Å²) < 4.78 is 0. The van der Waals surface area contributed by atoms with Crippen molar-refractivity contribution >= 4 is 28.9 Å². The third-order valence-corrected chi connectivity index (χ3v) is 5.21. The van der Waals surface area contributed by atoms with Gasteiger partial charge in [-0.25, -0.2) is 0 Å². The van der Waals surface area contributed by atoms with E-state index in [1.54, 1.807) is 0 Å². The summed E-state index contributed by atoms with van der Waals surface area (Å²) in [4.78, 5) is 2.42. The molecule has 0 atom stereocenters. The van der Waals surface area contributed by atoms with Crippen LogP contribution in [0.2, 0.25) is 10.0 Å². The Morgan fingerprint density at radius 1 is 1.15 bits per heavy atom. The van der Waals surface area contributed by atoms with Gasteiger partial charge in [0.05, 0.1) is 15.7 Å². The molecule has 1 aliphatic carbocycles. The fraction of sp³-hybridized carbons (Fsp3) is 0.625. The molecule has 0 spiro atoms. The molecular formula is C16H24Cl2N2. The average Bonchev–Trinajstić information content (AvgIpc) is 2.44. The Morgan fingerprint density at radius 3 is 2.20 bits per heavy atom. The lowest BCUT2D eigenvalue weighted by Gasteiger charge is -2.34. The first-order valence-electron chi connectivity index (χ1n) is 7.44. The summed E-state index contributed by atoms with van der Waals surface area (Å²) in [5.74, 6) is 0.931. The highest BCUT2D eigenvalue weighted by Gasteiger charge is 2.23. The van der Waals surface area contributed by atoms with Crippen molar-refractivity contribution in [2.45, 2.75) is 51.6 Å². The van der Waals surface area contributed by atoms with Gasteiger partial charge in [0.1, 0.15) is 0 Å². The van der Waals surface area contributed by atoms with Crippen molar-refractivity contribution in [3.8, 4) is 0 Å². The highest BCUT2D eigenvalue weighted by molar-refractivity contribution is 6.38. The maximum Gasteiger partial charge on any atom is 0.0693 e. The first-order valence-corrected chi connectivity index (χ1v) is 8.20. The van der Waals surface area contributed by atoms with Crippen LogP contribution < -0.4 is 5.73 Å². The van der Waals surface area contributed by atoms with Gasteiger partial charge in [-0.15, -0.1) is 0 Å². The molecule has 1 aromatic carbocycles. The predicted octanol–water partition coefficient (Wildman–Crippen LogP) is 4.98. The smallest absolute Gasteiger partial charge is 0.0693 e. The number of hydrogen-bond acceptors (Lipinski definition) is 2. The fourth-order valence-electron chi connectivity index (χ4n) is 3.14. The number of nitrogen functional groups attached to an aromatic ring is 1. The summed E-state index contributed by atoms with van der Waals surface area (Å²) in [5, 5.41) is 1.10. The van der Waals surface area contributed by atoms with Crippen molar-refractivity contribution in [1.29, 1.82) is 0 Å². The van der Waals surface area contributed by atoms with Crippen LogP contribution in [0.5, 0.6) is 0 Å². The van der Waals surface area contributed by atoms with Crippen LogP contribution in [0, 0.1) is 5.92 Å². The second-order valence-electron chi connectivity index (χ2n) is 5.97. The molecule has 0 bridgehead atoms. The predicted molar refractivity (Wildman–Crippen MR) is 88.4 cm³/mol. The first-order chi connectivity index (χ1) is 9.51. The molecule has 1 aromatic rings. The van der Waals surface area contributed by atoms with E-state index >= 15 is 0 Å². The molecule has 0 unspecified atom stereocenters. The first kappa shape index (κ1) is 15.9. The molecule has 20 heavy (non-hydrogen) atoms. The van der Waals surface area contributed by atoms with Crippen LogP contribution in [0.15, 0.2) is 12.1 Å². The Bertz CT molecular complexity index is 431. The molecule has 112 valence electrons. The van der Waals surface area contributed by atoms with E-state index in [1.165, 1.54) is 32.1 Å². The highest BCUT2D eigenvalue weighted by Crippen LogP contribution is 2.32. The van der Waals surface area contributed by atoms with Gasteiger partial charge in [0.15, 0.2) is 0 Å². The SMILES string of the molecule is CCC1CCC(N(C)Cc2cc(Cl)c(N)c(Cl)c2)CC1. The molecule has 1 aliphatic rings. The summed E-state index contributed by atoms with van der Waals surface area (Å²) in [6.07, 6.45) is 6.63. The maximum absolute atomic E-state index is 6.10. The molecule has 0 heterocycles. The molecule has 2 rings (SSSR count). The molecule has 0 aromatic heterocycles. The number of halogens is 2. The van der Waals surface area contributed by atoms with E-state index in [-0.39, 0.29) is 0 Å². The van der Waals surface area contributed by atoms with Crippen LogP contribution in [0.25, 0.3) is 0 Å². The summed E-state index contributed by atoms with van der Waals surface area (Å²) >= 11 is 12.2. The van der Waals surface area contributed by atoms with Gasteiger partial charge in [-0.3, -0.25) is 4.90 Å². The lowest BCUT2D eigenvalue weighted by Crippen LogP contribution is -2.34. The Labute approximate surface area is 132 Å². The van der Waals surface area contributed by atoms with Gasteiger partial charge in [-0.1, -0.05) is 36.5 Å². The lowest BCUT2D eigenvalue weighted by molar-refractivity contribution is 0.157. The molecular weight excluding hydrogens is 291 g/mol. The second kappa shape index (κ2) is 7.02. The van der Waals surface area contributed by atoms with E-state index in [4.69, 9.17) is 28.9 Å². The summed E-state index contributed by atoms with van der Waals surface area (Å²) in [6, 6.07) is 4.53. The molecule has 0 saturated heterocycles. The molecule has 2 N–H and O–H groups in total. The van der Waals surface area contributed by atoms with Crippen molar-refractivity contribution < 1.29 is 0 Å². The van der Waals surface area contributed by atoms with Crippen LogP contribution >= 0.6 is 23.2 Å². The molecule has 1 fully saturated rings. The summed E-state index contributed by atoms with van der Waals surface area (Å²) in [7, 11) is 2.19. The average molecular weight is 315 g/mol. The van der Waals surface area contributed by atoms with E-state index in [1.807, 2.05) is 12.1 Å². The zero-order valence-electron chi connectivity index (χ0n) is 12.3. The quantitative estimate of drug-likeness (QED) is 0.794. The van der Waals surface area contributed by atoms with E-state index in [9.17, 15) is 0 Å². The second-order valence-corrected chi connectivity index (χ2v) is 6.79. The monoisotopic (exact) mass is 314 g/mol. The Morgan fingerprint density at radius 2 is 1.70 bits per heavy atom. The summed E-state index contributed by atoms with van der Waals surface area (Å²) in [6.45, 7) is 3.17. The largest absolute Gasteiger partial charge is 0.396 e. The zero-order valence-corrected chi connectivity index (χ0v) is 13.8. The number of nitrogens with two attached hydrogens (primary N) is 1. The lowest BCUT2D eigenvalue weighted by atomic mass is 9.84. The molecule has 2 nitrogen and oxygen atoms in total. The fourth-order valence-corrected chi connectivity index (χ4v) is 3.67. The Kier molecular flexibility index (Phi) is 5.59. The topological polar surface area (TPSA) is 29.3 Å². The van der Waals surface area contributed by atoms with Gasteiger partial charge in [0.25, 0.3) is 0 Å².